The van der Waals surface area contributed by atoms with E-state index in [4.69, 9.17) is 11.6 Å². The number of hydrogen-bond acceptors (Lipinski definition) is 2. The van der Waals surface area contributed by atoms with E-state index in [-0.39, 0.29) is 13.1 Å². The zero-order valence-electron chi connectivity index (χ0n) is 13.3. The molecule has 0 saturated carbocycles. The van der Waals surface area contributed by atoms with Crippen LogP contribution in [0.2, 0.25) is 5.02 Å². The number of halogens is 4. The maximum atomic E-state index is 13.6. The number of rotatable bonds is 4. The summed E-state index contributed by atoms with van der Waals surface area (Å²) in [7, 11) is 0. The molecule has 0 bridgehead atoms. The zero-order chi connectivity index (χ0) is 18.8. The van der Waals surface area contributed by atoms with Gasteiger partial charge in [0.15, 0.2) is 17.5 Å². The Morgan fingerprint density at radius 2 is 1.88 bits per heavy atom. The van der Waals surface area contributed by atoms with Gasteiger partial charge in [0.1, 0.15) is 6.54 Å². The van der Waals surface area contributed by atoms with Crippen molar-refractivity contribution >= 4 is 34.9 Å². The number of benzene rings is 2. The maximum Gasteiger partial charge on any atom is 0.325 e. The summed E-state index contributed by atoms with van der Waals surface area (Å²) in [6.45, 7) is 0.277. The van der Waals surface area contributed by atoms with Crippen LogP contribution in [0.3, 0.4) is 0 Å². The van der Waals surface area contributed by atoms with Crippen molar-refractivity contribution < 1.29 is 22.8 Å². The minimum atomic E-state index is -1.67. The van der Waals surface area contributed by atoms with E-state index in [0.717, 1.165) is 6.07 Å². The second-order valence-corrected chi connectivity index (χ2v) is 6.04. The second kappa shape index (κ2) is 7.25. The summed E-state index contributed by atoms with van der Waals surface area (Å²) in [5.41, 5.74) is 0.101. The number of carbonyl (C=O) groups excluding carboxylic acids is 2. The minimum Gasteiger partial charge on any atom is -0.322 e. The molecule has 1 heterocycles. The summed E-state index contributed by atoms with van der Waals surface area (Å²) in [5, 5.41) is 2.61. The Kier molecular flexibility index (Phi) is 5.03. The first-order chi connectivity index (χ1) is 12.4. The van der Waals surface area contributed by atoms with Crippen molar-refractivity contribution in [1.82, 2.24) is 4.90 Å². The normalized spacial score (nSPS) is 14.1. The predicted molar refractivity (Wildman–Crippen MR) is 90.7 cm³/mol. The summed E-state index contributed by atoms with van der Waals surface area (Å²) in [6, 6.07) is 7.92. The van der Waals surface area contributed by atoms with Crippen molar-refractivity contribution in [2.75, 3.05) is 29.9 Å². The Balaban J connectivity index is 1.65. The fraction of sp³-hybridized carbons (Fsp3) is 0.176. The Bertz CT molecular complexity index is 878. The van der Waals surface area contributed by atoms with Gasteiger partial charge in [0.25, 0.3) is 0 Å². The first-order valence-electron chi connectivity index (χ1n) is 7.62. The highest BCUT2D eigenvalue weighted by atomic mass is 35.5. The Hall–Kier alpha value is -2.74. The molecule has 2 aromatic rings. The number of amides is 3. The molecule has 1 aliphatic rings. The number of carbonyl (C=O) groups is 2. The molecule has 1 saturated heterocycles. The van der Waals surface area contributed by atoms with Crippen molar-refractivity contribution in [3.63, 3.8) is 0 Å². The van der Waals surface area contributed by atoms with Gasteiger partial charge in [-0.15, -0.1) is 0 Å². The van der Waals surface area contributed by atoms with Gasteiger partial charge in [-0.25, -0.2) is 18.0 Å². The number of nitrogens with one attached hydrogen (secondary N) is 1. The summed E-state index contributed by atoms with van der Waals surface area (Å²) in [6.07, 6.45) is 0. The highest BCUT2D eigenvalue weighted by molar-refractivity contribution is 6.30. The van der Waals surface area contributed by atoms with Crippen LogP contribution in [0.4, 0.5) is 29.3 Å². The van der Waals surface area contributed by atoms with Crippen LogP contribution in [0.1, 0.15) is 0 Å². The molecule has 136 valence electrons. The van der Waals surface area contributed by atoms with E-state index in [1.54, 1.807) is 24.3 Å². The molecular weight excluding hydrogens is 371 g/mol. The molecule has 9 heteroatoms. The van der Waals surface area contributed by atoms with E-state index >= 15 is 0 Å². The van der Waals surface area contributed by atoms with Crippen molar-refractivity contribution in [1.29, 1.82) is 0 Å². The minimum absolute atomic E-state index is 0.277. The van der Waals surface area contributed by atoms with Crippen LogP contribution in [0.25, 0.3) is 0 Å². The average Bonchev–Trinajstić information content (AvgIpc) is 2.96. The van der Waals surface area contributed by atoms with Gasteiger partial charge in [-0.1, -0.05) is 17.7 Å². The average molecular weight is 384 g/mol. The predicted octanol–water partition coefficient (Wildman–Crippen LogP) is 3.64. The van der Waals surface area contributed by atoms with Gasteiger partial charge in [0.05, 0.1) is 5.69 Å². The van der Waals surface area contributed by atoms with Gasteiger partial charge in [-0.05, 0) is 30.3 Å². The van der Waals surface area contributed by atoms with E-state index in [9.17, 15) is 22.8 Å². The lowest BCUT2D eigenvalue weighted by atomic mass is 10.2. The molecule has 0 aromatic heterocycles. The topological polar surface area (TPSA) is 52.7 Å². The molecule has 1 N–H and O–H groups in total. The third kappa shape index (κ3) is 3.60. The van der Waals surface area contributed by atoms with E-state index in [0.29, 0.717) is 23.3 Å². The smallest absolute Gasteiger partial charge is 0.322 e. The molecule has 3 rings (SSSR count). The highest BCUT2D eigenvalue weighted by Crippen LogP contribution is 2.24. The van der Waals surface area contributed by atoms with E-state index in [1.165, 1.54) is 9.80 Å². The van der Waals surface area contributed by atoms with Gasteiger partial charge in [0, 0.05) is 23.8 Å². The molecule has 0 radical (unpaired) electrons. The fourth-order valence-electron chi connectivity index (χ4n) is 2.60. The Labute approximate surface area is 151 Å². The second-order valence-electron chi connectivity index (χ2n) is 5.61. The van der Waals surface area contributed by atoms with Gasteiger partial charge in [-0.3, -0.25) is 9.69 Å². The monoisotopic (exact) mass is 383 g/mol. The van der Waals surface area contributed by atoms with Gasteiger partial charge < -0.3 is 10.2 Å². The van der Waals surface area contributed by atoms with E-state index in [2.05, 4.69) is 5.32 Å². The molecule has 0 atom stereocenters. The SMILES string of the molecule is O=C(CN1CCN(c2cccc(Cl)c2)C1=O)Nc1ccc(F)c(F)c1F. The lowest BCUT2D eigenvalue weighted by Crippen LogP contribution is -2.37. The molecule has 5 nitrogen and oxygen atoms in total. The van der Waals surface area contributed by atoms with Crippen LogP contribution in [-0.2, 0) is 4.79 Å². The largest absolute Gasteiger partial charge is 0.325 e. The Morgan fingerprint density at radius 3 is 2.62 bits per heavy atom. The van der Waals surface area contributed by atoms with Crippen molar-refractivity contribution in [3.05, 3.63) is 58.9 Å². The quantitative estimate of drug-likeness (QED) is 0.820. The number of urea groups is 1. The first-order valence-corrected chi connectivity index (χ1v) is 8.00. The van der Waals surface area contributed by atoms with Crippen LogP contribution >= 0.6 is 11.6 Å². The maximum absolute atomic E-state index is 13.6. The molecule has 3 amide bonds. The van der Waals surface area contributed by atoms with Crippen LogP contribution < -0.4 is 10.2 Å². The van der Waals surface area contributed by atoms with Crippen LogP contribution in [-0.4, -0.2) is 36.5 Å². The zero-order valence-corrected chi connectivity index (χ0v) is 14.1. The van der Waals surface area contributed by atoms with E-state index in [1.807, 2.05) is 0 Å². The summed E-state index contributed by atoms with van der Waals surface area (Å²) < 4.78 is 39.7. The van der Waals surface area contributed by atoms with Crippen LogP contribution in [0.15, 0.2) is 36.4 Å². The van der Waals surface area contributed by atoms with Gasteiger partial charge in [-0.2, -0.15) is 0 Å². The molecule has 0 unspecified atom stereocenters. The summed E-state index contributed by atoms with van der Waals surface area (Å²) in [5.74, 6) is -5.25. The molecule has 0 aliphatic carbocycles. The lowest BCUT2D eigenvalue weighted by Gasteiger charge is -2.18. The number of anilines is 2. The summed E-state index contributed by atoms with van der Waals surface area (Å²) in [4.78, 5) is 27.2. The standard InChI is InChI=1S/C17H13ClF3N3O2/c18-10-2-1-3-11(8-10)24-7-6-23(17(24)26)9-14(25)22-13-5-4-12(19)15(20)16(13)21/h1-5,8H,6-7,9H2,(H,22,25). The van der Waals surface area contributed by atoms with Crippen molar-refractivity contribution in [3.8, 4) is 0 Å². The molecule has 1 fully saturated rings. The first kappa shape index (κ1) is 18.1. The number of nitrogens with zero attached hydrogens (tertiary/aromatic N) is 2. The molecule has 2 aromatic carbocycles. The van der Waals surface area contributed by atoms with Gasteiger partial charge >= 0.3 is 6.03 Å². The molecule has 1 aliphatic heterocycles. The fourth-order valence-corrected chi connectivity index (χ4v) is 2.78. The Morgan fingerprint density at radius 1 is 1.12 bits per heavy atom. The van der Waals surface area contributed by atoms with Gasteiger partial charge in [0.2, 0.25) is 5.91 Å². The third-order valence-electron chi connectivity index (χ3n) is 3.86. The number of hydrogen-bond donors (Lipinski definition) is 1. The lowest BCUT2D eigenvalue weighted by molar-refractivity contribution is -0.116. The highest BCUT2D eigenvalue weighted by Gasteiger charge is 2.31. The molecular formula is C17H13ClF3N3O2. The van der Waals surface area contributed by atoms with Crippen molar-refractivity contribution in [2.45, 2.75) is 0 Å². The molecule has 0 spiro atoms. The third-order valence-corrected chi connectivity index (χ3v) is 4.09. The molecule has 26 heavy (non-hydrogen) atoms. The van der Waals surface area contributed by atoms with E-state index < -0.39 is 35.1 Å². The summed E-state index contributed by atoms with van der Waals surface area (Å²) >= 11 is 5.91. The van der Waals surface area contributed by atoms with Crippen molar-refractivity contribution in [2.24, 2.45) is 0 Å². The van der Waals surface area contributed by atoms with Crippen LogP contribution in [0, 0.1) is 17.5 Å². The van der Waals surface area contributed by atoms with Crippen LogP contribution in [0.5, 0.6) is 0 Å².